The van der Waals surface area contributed by atoms with Crippen LogP contribution in [0.4, 0.5) is 5.82 Å². The normalized spacial score (nSPS) is 10.4. The number of aromatic nitrogens is 4. The third-order valence-corrected chi connectivity index (χ3v) is 2.94. The van der Waals surface area contributed by atoms with Crippen LogP contribution in [-0.4, -0.2) is 19.9 Å². The molecule has 98 valence electrons. The van der Waals surface area contributed by atoms with Crippen LogP contribution in [0.1, 0.15) is 11.1 Å². The molecule has 3 rings (SSSR count). The van der Waals surface area contributed by atoms with Crippen LogP contribution < -0.4 is 5.32 Å². The number of anilines is 1. The lowest BCUT2D eigenvalue weighted by atomic mass is 10.1. The minimum absolute atomic E-state index is 0.137. The van der Waals surface area contributed by atoms with Crippen molar-refractivity contribution in [3.63, 3.8) is 0 Å². The number of rotatable bonds is 3. The van der Waals surface area contributed by atoms with Crippen molar-refractivity contribution in [3.8, 4) is 6.07 Å². The summed E-state index contributed by atoms with van der Waals surface area (Å²) in [5, 5.41) is 12.2. The molecule has 7 heteroatoms. The Morgan fingerprint density at radius 1 is 1.35 bits per heavy atom. The summed E-state index contributed by atoms with van der Waals surface area (Å²) in [6.45, 7) is 0.525. The van der Waals surface area contributed by atoms with Crippen LogP contribution in [0.15, 0.2) is 30.6 Å². The number of aromatic amines is 1. The fourth-order valence-corrected chi connectivity index (χ4v) is 2.04. The molecular formula is C13H9ClN6. The van der Waals surface area contributed by atoms with E-state index in [4.69, 9.17) is 16.9 Å². The number of nitriles is 1. The number of hydrogen-bond donors (Lipinski definition) is 2. The molecule has 0 aliphatic carbocycles. The molecule has 2 aromatic heterocycles. The van der Waals surface area contributed by atoms with Crippen molar-refractivity contribution in [3.05, 3.63) is 47.0 Å². The van der Waals surface area contributed by atoms with Crippen LogP contribution in [0.5, 0.6) is 0 Å². The maximum absolute atomic E-state index is 8.88. The minimum atomic E-state index is 0.137. The second kappa shape index (κ2) is 5.15. The summed E-state index contributed by atoms with van der Waals surface area (Å²) >= 11 is 5.85. The summed E-state index contributed by atoms with van der Waals surface area (Å²) in [5.41, 5.74) is 2.81. The summed E-state index contributed by atoms with van der Waals surface area (Å²) in [5.74, 6) is 0.583. The van der Waals surface area contributed by atoms with Crippen molar-refractivity contribution in [1.82, 2.24) is 19.9 Å². The standard InChI is InChI=1S/C13H9ClN6/c14-13-19-11(10-12(20-13)18-7-17-10)16-6-9-3-1-2-8(4-9)5-15/h1-4,7H,6H2,(H2,16,17,18,19,20). The fraction of sp³-hybridized carbons (Fsp3) is 0.0769. The monoisotopic (exact) mass is 284 g/mol. The van der Waals surface area contributed by atoms with Gasteiger partial charge in [0.1, 0.15) is 5.52 Å². The number of halogens is 1. The Labute approximate surface area is 119 Å². The molecule has 0 bridgehead atoms. The number of nitrogens with zero attached hydrogens (tertiary/aromatic N) is 4. The summed E-state index contributed by atoms with van der Waals surface area (Å²) in [6.07, 6.45) is 1.54. The van der Waals surface area contributed by atoms with Gasteiger partial charge in [-0.25, -0.2) is 4.98 Å². The Balaban J connectivity index is 1.86. The predicted octanol–water partition coefficient (Wildman–Crippen LogP) is 2.49. The summed E-state index contributed by atoms with van der Waals surface area (Å²) < 4.78 is 0. The average molecular weight is 285 g/mol. The van der Waals surface area contributed by atoms with Gasteiger partial charge in [-0.2, -0.15) is 15.2 Å². The molecule has 0 unspecified atom stereocenters. The quantitative estimate of drug-likeness (QED) is 0.721. The van der Waals surface area contributed by atoms with Gasteiger partial charge >= 0.3 is 0 Å². The molecule has 0 fully saturated rings. The first kappa shape index (κ1) is 12.4. The predicted molar refractivity (Wildman–Crippen MR) is 75.2 cm³/mol. The summed E-state index contributed by atoms with van der Waals surface area (Å²) in [6, 6.07) is 9.46. The molecule has 2 heterocycles. The van der Waals surface area contributed by atoms with Crippen molar-refractivity contribution in [2.45, 2.75) is 6.54 Å². The molecule has 0 radical (unpaired) electrons. The Morgan fingerprint density at radius 3 is 3.10 bits per heavy atom. The van der Waals surface area contributed by atoms with E-state index in [1.54, 1.807) is 6.07 Å². The van der Waals surface area contributed by atoms with E-state index in [9.17, 15) is 0 Å². The molecule has 0 saturated heterocycles. The number of hydrogen-bond acceptors (Lipinski definition) is 5. The van der Waals surface area contributed by atoms with Crippen LogP contribution in [0.2, 0.25) is 5.28 Å². The molecule has 0 amide bonds. The van der Waals surface area contributed by atoms with Gasteiger partial charge in [0.25, 0.3) is 0 Å². The average Bonchev–Trinajstić information content (AvgIpc) is 2.93. The van der Waals surface area contributed by atoms with Crippen molar-refractivity contribution in [1.29, 1.82) is 5.26 Å². The lowest BCUT2D eigenvalue weighted by Crippen LogP contribution is -2.03. The van der Waals surface area contributed by atoms with E-state index in [0.29, 0.717) is 29.1 Å². The second-order valence-electron chi connectivity index (χ2n) is 4.11. The molecule has 0 spiro atoms. The third kappa shape index (κ3) is 2.39. The zero-order valence-corrected chi connectivity index (χ0v) is 11.0. The first-order valence-corrected chi connectivity index (χ1v) is 6.23. The van der Waals surface area contributed by atoms with Crippen LogP contribution in [-0.2, 0) is 6.54 Å². The molecule has 0 aliphatic heterocycles. The van der Waals surface area contributed by atoms with Gasteiger partial charge in [0, 0.05) is 6.54 Å². The van der Waals surface area contributed by atoms with Crippen LogP contribution in [0, 0.1) is 11.3 Å². The Kier molecular flexibility index (Phi) is 3.19. The molecule has 0 atom stereocenters. The van der Waals surface area contributed by atoms with Gasteiger partial charge in [-0.15, -0.1) is 0 Å². The Morgan fingerprint density at radius 2 is 2.25 bits per heavy atom. The van der Waals surface area contributed by atoms with Crippen LogP contribution in [0.25, 0.3) is 11.2 Å². The van der Waals surface area contributed by atoms with Crippen molar-refractivity contribution in [2.24, 2.45) is 0 Å². The van der Waals surface area contributed by atoms with Crippen molar-refractivity contribution >= 4 is 28.6 Å². The number of nitrogens with one attached hydrogen (secondary N) is 2. The topological polar surface area (TPSA) is 90.3 Å². The fourth-order valence-electron chi connectivity index (χ4n) is 1.87. The Hall–Kier alpha value is -2.65. The third-order valence-electron chi connectivity index (χ3n) is 2.77. The highest BCUT2D eigenvalue weighted by molar-refractivity contribution is 6.28. The van der Waals surface area contributed by atoms with E-state index in [1.165, 1.54) is 6.33 Å². The molecule has 20 heavy (non-hydrogen) atoms. The van der Waals surface area contributed by atoms with Crippen molar-refractivity contribution in [2.75, 3.05) is 5.32 Å². The maximum Gasteiger partial charge on any atom is 0.226 e. The highest BCUT2D eigenvalue weighted by atomic mass is 35.5. The second-order valence-corrected chi connectivity index (χ2v) is 4.45. The van der Waals surface area contributed by atoms with Crippen molar-refractivity contribution < 1.29 is 0 Å². The summed E-state index contributed by atoms with van der Waals surface area (Å²) in [4.78, 5) is 15.2. The van der Waals surface area contributed by atoms with Gasteiger partial charge in [0.15, 0.2) is 11.5 Å². The van der Waals surface area contributed by atoms with Gasteiger partial charge in [-0.3, -0.25) is 0 Å². The van der Waals surface area contributed by atoms with Gasteiger partial charge in [0.2, 0.25) is 5.28 Å². The van der Waals surface area contributed by atoms with E-state index in [-0.39, 0.29) is 5.28 Å². The molecule has 2 N–H and O–H groups in total. The molecule has 1 aromatic carbocycles. The van der Waals surface area contributed by atoms with Crippen LogP contribution >= 0.6 is 11.6 Å². The number of fused-ring (bicyclic) bond motifs is 1. The summed E-state index contributed by atoms with van der Waals surface area (Å²) in [7, 11) is 0. The first-order valence-electron chi connectivity index (χ1n) is 5.86. The molecule has 0 saturated carbocycles. The smallest absolute Gasteiger partial charge is 0.226 e. The lowest BCUT2D eigenvalue weighted by molar-refractivity contribution is 1.10. The van der Waals surface area contributed by atoms with E-state index in [1.807, 2.05) is 18.2 Å². The molecular weight excluding hydrogens is 276 g/mol. The van der Waals surface area contributed by atoms with Gasteiger partial charge in [-0.05, 0) is 29.3 Å². The van der Waals surface area contributed by atoms with E-state index in [2.05, 4.69) is 31.3 Å². The van der Waals surface area contributed by atoms with Gasteiger partial charge in [0.05, 0.1) is 18.0 Å². The van der Waals surface area contributed by atoms with E-state index in [0.717, 1.165) is 5.56 Å². The van der Waals surface area contributed by atoms with E-state index < -0.39 is 0 Å². The highest BCUT2D eigenvalue weighted by Crippen LogP contribution is 2.19. The highest BCUT2D eigenvalue weighted by Gasteiger charge is 2.08. The van der Waals surface area contributed by atoms with E-state index >= 15 is 0 Å². The number of H-pyrrole nitrogens is 1. The zero-order chi connectivity index (χ0) is 13.9. The lowest BCUT2D eigenvalue weighted by Gasteiger charge is -2.07. The SMILES string of the molecule is N#Cc1cccc(CNc2nc(Cl)nc3nc[nH]c23)c1. The molecule has 3 aromatic rings. The number of benzene rings is 1. The van der Waals surface area contributed by atoms with Gasteiger partial charge in [-0.1, -0.05) is 12.1 Å². The zero-order valence-electron chi connectivity index (χ0n) is 10.3. The van der Waals surface area contributed by atoms with Crippen LogP contribution in [0.3, 0.4) is 0 Å². The Bertz CT molecular complexity index is 804. The first-order chi connectivity index (χ1) is 9.76. The molecule has 0 aliphatic rings. The maximum atomic E-state index is 8.88. The van der Waals surface area contributed by atoms with Gasteiger partial charge < -0.3 is 10.3 Å². The number of imidazole rings is 1. The minimum Gasteiger partial charge on any atom is -0.364 e. The molecule has 6 nitrogen and oxygen atoms in total. The largest absolute Gasteiger partial charge is 0.364 e.